The second kappa shape index (κ2) is 5.15. The summed E-state index contributed by atoms with van der Waals surface area (Å²) in [7, 11) is 3.67. The molecule has 0 aromatic rings. The maximum atomic E-state index is 12.6. The Labute approximate surface area is 109 Å². The van der Waals surface area contributed by atoms with Crippen LogP contribution in [0.2, 0.25) is 0 Å². The van der Waals surface area contributed by atoms with E-state index in [0.717, 1.165) is 25.9 Å². The Morgan fingerprint density at radius 3 is 2.44 bits per heavy atom. The van der Waals surface area contributed by atoms with Crippen LogP contribution in [-0.4, -0.2) is 73.4 Å². The van der Waals surface area contributed by atoms with E-state index >= 15 is 0 Å². The Morgan fingerprint density at radius 1 is 1.33 bits per heavy atom. The topological polar surface area (TPSA) is 53.0 Å². The van der Waals surface area contributed by atoms with E-state index in [4.69, 9.17) is 4.74 Å². The monoisotopic (exact) mass is 256 g/mol. The molecular weight excluding hydrogens is 232 g/mol. The van der Waals surface area contributed by atoms with Crippen molar-refractivity contribution >= 4 is 5.91 Å². The molecule has 0 bridgehead atoms. The fourth-order valence-corrected chi connectivity index (χ4v) is 2.86. The van der Waals surface area contributed by atoms with Crippen molar-refractivity contribution in [3.63, 3.8) is 0 Å². The van der Waals surface area contributed by atoms with E-state index in [-0.39, 0.29) is 17.4 Å². The molecule has 0 radical (unpaired) electrons. The number of hydrogen-bond acceptors (Lipinski definition) is 4. The van der Waals surface area contributed by atoms with Gasteiger partial charge in [-0.1, -0.05) is 6.92 Å². The van der Waals surface area contributed by atoms with E-state index in [9.17, 15) is 9.90 Å². The third-order valence-corrected chi connectivity index (χ3v) is 4.43. The molecule has 5 heteroatoms. The predicted molar refractivity (Wildman–Crippen MR) is 68.2 cm³/mol. The maximum absolute atomic E-state index is 12.6. The summed E-state index contributed by atoms with van der Waals surface area (Å²) >= 11 is 0. The Balaban J connectivity index is 1.99. The zero-order valence-electron chi connectivity index (χ0n) is 11.6. The van der Waals surface area contributed by atoms with Gasteiger partial charge in [-0.15, -0.1) is 0 Å². The molecular formula is C13H24N2O3. The summed E-state index contributed by atoms with van der Waals surface area (Å²) in [6.07, 6.45) is 1.01. The average Bonchev–Trinajstić information content (AvgIpc) is 2.73. The summed E-state index contributed by atoms with van der Waals surface area (Å²) in [4.78, 5) is 16.6. The predicted octanol–water partition coefficient (Wildman–Crippen LogP) is -0.0636. The van der Waals surface area contributed by atoms with E-state index < -0.39 is 6.10 Å². The number of piperidine rings is 1. The molecule has 2 fully saturated rings. The van der Waals surface area contributed by atoms with Gasteiger partial charge in [0.1, 0.15) is 6.10 Å². The molecule has 2 rings (SSSR count). The highest BCUT2D eigenvalue weighted by Gasteiger charge is 2.43. The summed E-state index contributed by atoms with van der Waals surface area (Å²) in [6.45, 7) is 4.90. The zero-order chi connectivity index (χ0) is 13.3. The molecule has 0 unspecified atom stereocenters. The lowest BCUT2D eigenvalue weighted by molar-refractivity contribution is -0.143. The molecule has 0 spiro atoms. The van der Waals surface area contributed by atoms with E-state index in [1.807, 2.05) is 0 Å². The number of aliphatic hydroxyl groups is 1. The summed E-state index contributed by atoms with van der Waals surface area (Å²) in [6, 6.07) is 0. The molecule has 0 aromatic carbocycles. The fraction of sp³-hybridized carbons (Fsp3) is 0.923. The van der Waals surface area contributed by atoms with Crippen molar-refractivity contribution in [2.45, 2.75) is 32.0 Å². The minimum absolute atomic E-state index is 0.175. The Morgan fingerprint density at radius 2 is 1.94 bits per heavy atom. The first kappa shape index (κ1) is 13.8. The highest BCUT2D eigenvalue weighted by atomic mass is 16.5. The minimum atomic E-state index is -0.547. The number of aliphatic hydroxyl groups excluding tert-OH is 1. The van der Waals surface area contributed by atoms with Crippen molar-refractivity contribution in [1.29, 1.82) is 0 Å². The van der Waals surface area contributed by atoms with Crippen molar-refractivity contribution in [3.8, 4) is 0 Å². The molecule has 2 saturated heterocycles. The molecule has 1 amide bonds. The number of amides is 1. The summed E-state index contributed by atoms with van der Waals surface area (Å²) < 4.78 is 5.19. The van der Waals surface area contributed by atoms with Crippen molar-refractivity contribution in [3.05, 3.63) is 0 Å². The molecule has 104 valence electrons. The van der Waals surface area contributed by atoms with E-state index in [2.05, 4.69) is 18.9 Å². The van der Waals surface area contributed by atoms with Crippen LogP contribution in [0.5, 0.6) is 0 Å². The van der Waals surface area contributed by atoms with Gasteiger partial charge in [-0.25, -0.2) is 0 Å². The van der Waals surface area contributed by atoms with Crippen molar-refractivity contribution in [2.24, 2.45) is 5.41 Å². The third-order valence-electron chi connectivity index (χ3n) is 4.43. The second-order valence-corrected chi connectivity index (χ2v) is 5.92. The lowest BCUT2D eigenvalue weighted by Gasteiger charge is -2.38. The number of hydrogen-bond donors (Lipinski definition) is 1. The summed E-state index contributed by atoms with van der Waals surface area (Å²) in [5, 5.41) is 9.81. The molecule has 0 aromatic heterocycles. The number of carbonyl (C=O) groups is 1. The highest BCUT2D eigenvalue weighted by molar-refractivity contribution is 5.83. The van der Waals surface area contributed by atoms with Crippen LogP contribution in [0.4, 0.5) is 0 Å². The van der Waals surface area contributed by atoms with Crippen LogP contribution >= 0.6 is 0 Å². The summed E-state index contributed by atoms with van der Waals surface area (Å²) in [5.74, 6) is 0.175. The molecule has 2 aliphatic rings. The van der Waals surface area contributed by atoms with Gasteiger partial charge in [-0.3, -0.25) is 4.79 Å². The number of β-amino-alcohol motifs (C(OH)–C–C–N with tert-alkyl or cyclic N) is 1. The molecule has 2 atom stereocenters. The lowest BCUT2D eigenvalue weighted by Crippen LogP contribution is -2.47. The second-order valence-electron chi connectivity index (χ2n) is 5.92. The van der Waals surface area contributed by atoms with Gasteiger partial charge in [0.2, 0.25) is 5.91 Å². The van der Waals surface area contributed by atoms with Crippen LogP contribution in [0, 0.1) is 5.41 Å². The number of carbonyl (C=O) groups excluding carboxylic acids is 1. The van der Waals surface area contributed by atoms with Gasteiger partial charge in [0.05, 0.1) is 6.10 Å². The first-order valence-electron chi connectivity index (χ1n) is 6.65. The van der Waals surface area contributed by atoms with Crippen LogP contribution in [-0.2, 0) is 9.53 Å². The largest absolute Gasteiger partial charge is 0.388 e. The van der Waals surface area contributed by atoms with E-state index in [0.29, 0.717) is 13.1 Å². The molecule has 18 heavy (non-hydrogen) atoms. The van der Waals surface area contributed by atoms with Gasteiger partial charge in [-0.2, -0.15) is 0 Å². The first-order valence-corrected chi connectivity index (χ1v) is 6.65. The number of likely N-dealkylation sites (tertiary alicyclic amines) is 2. The number of nitrogens with zero attached hydrogens (tertiary/aromatic N) is 2. The fourth-order valence-electron chi connectivity index (χ4n) is 2.86. The van der Waals surface area contributed by atoms with Gasteiger partial charge >= 0.3 is 0 Å². The van der Waals surface area contributed by atoms with Crippen LogP contribution in [0.3, 0.4) is 0 Å². The third kappa shape index (κ3) is 2.53. The van der Waals surface area contributed by atoms with Crippen molar-refractivity contribution < 1.29 is 14.6 Å². The van der Waals surface area contributed by atoms with Gasteiger partial charge in [0, 0.05) is 25.6 Å². The van der Waals surface area contributed by atoms with E-state index in [1.54, 1.807) is 12.0 Å². The Hall–Kier alpha value is -0.650. The average molecular weight is 256 g/mol. The summed E-state index contributed by atoms with van der Waals surface area (Å²) in [5.41, 5.74) is -0.269. The molecule has 2 aliphatic heterocycles. The van der Waals surface area contributed by atoms with Crippen LogP contribution in [0.1, 0.15) is 19.8 Å². The maximum Gasteiger partial charge on any atom is 0.228 e. The van der Waals surface area contributed by atoms with Gasteiger partial charge < -0.3 is 19.6 Å². The Bertz CT molecular complexity index is 313. The smallest absolute Gasteiger partial charge is 0.228 e. The minimum Gasteiger partial charge on any atom is -0.388 e. The molecule has 2 heterocycles. The lowest BCUT2D eigenvalue weighted by atomic mass is 9.79. The molecule has 0 saturated carbocycles. The SMILES string of the molecule is CO[C@H]1CN(C(=O)C2(C)CCN(C)CC2)C[C@@H]1O. The zero-order valence-corrected chi connectivity index (χ0v) is 11.6. The highest BCUT2D eigenvalue weighted by Crippen LogP contribution is 2.33. The quantitative estimate of drug-likeness (QED) is 0.752. The number of rotatable bonds is 2. The normalized spacial score (nSPS) is 32.8. The first-order chi connectivity index (χ1) is 8.46. The van der Waals surface area contributed by atoms with Crippen molar-refractivity contribution in [2.75, 3.05) is 40.3 Å². The molecule has 5 nitrogen and oxygen atoms in total. The van der Waals surface area contributed by atoms with Gasteiger partial charge in [0.25, 0.3) is 0 Å². The number of ether oxygens (including phenoxy) is 1. The standard InChI is InChI=1S/C13H24N2O3/c1-13(4-6-14(2)7-5-13)12(17)15-8-10(16)11(9-15)18-3/h10-11,16H,4-9H2,1-3H3/t10-,11-/m0/s1. The van der Waals surface area contributed by atoms with Crippen LogP contribution < -0.4 is 0 Å². The van der Waals surface area contributed by atoms with Crippen LogP contribution in [0.15, 0.2) is 0 Å². The number of methoxy groups -OCH3 is 1. The van der Waals surface area contributed by atoms with E-state index in [1.165, 1.54) is 0 Å². The van der Waals surface area contributed by atoms with Crippen molar-refractivity contribution in [1.82, 2.24) is 9.80 Å². The molecule has 0 aliphatic carbocycles. The van der Waals surface area contributed by atoms with Gasteiger partial charge in [-0.05, 0) is 33.0 Å². The Kier molecular flexibility index (Phi) is 3.94. The molecule has 1 N–H and O–H groups in total. The van der Waals surface area contributed by atoms with Crippen LogP contribution in [0.25, 0.3) is 0 Å². The van der Waals surface area contributed by atoms with Gasteiger partial charge in [0.15, 0.2) is 0 Å².